The lowest BCUT2D eigenvalue weighted by Gasteiger charge is -2.33. The summed E-state index contributed by atoms with van der Waals surface area (Å²) in [5.74, 6) is -1.21. The maximum Gasteiger partial charge on any atom is 0.311 e. The van der Waals surface area contributed by atoms with E-state index in [0.29, 0.717) is 37.3 Å². The number of amides is 1. The second-order valence-electron chi connectivity index (χ2n) is 6.29. The van der Waals surface area contributed by atoms with Gasteiger partial charge in [0.25, 0.3) is 5.91 Å². The van der Waals surface area contributed by atoms with Crippen LogP contribution in [0, 0.1) is 12.3 Å². The fourth-order valence-electron chi connectivity index (χ4n) is 2.97. The zero-order valence-electron chi connectivity index (χ0n) is 14.1. The second kappa shape index (κ2) is 7.06. The van der Waals surface area contributed by atoms with Crippen LogP contribution in [0.2, 0.25) is 0 Å². The lowest BCUT2D eigenvalue weighted by molar-refractivity contribution is -0.154. The Kier molecular flexibility index (Phi) is 4.85. The fourth-order valence-corrected chi connectivity index (χ4v) is 2.97. The molecule has 132 valence electrons. The molecule has 0 spiro atoms. The first-order valence-corrected chi connectivity index (χ1v) is 8.23. The summed E-state index contributed by atoms with van der Waals surface area (Å²) in [6.07, 6.45) is 2.45. The number of aromatic nitrogens is 2. The van der Waals surface area contributed by atoms with E-state index < -0.39 is 11.4 Å². The van der Waals surface area contributed by atoms with E-state index in [1.54, 1.807) is 17.8 Å². The van der Waals surface area contributed by atoms with Gasteiger partial charge in [0.1, 0.15) is 0 Å². The number of aliphatic carboxylic acids is 1. The molecule has 7 heteroatoms. The molecule has 1 aliphatic rings. The molecule has 1 aromatic heterocycles. The number of carbonyl (C=O) groups is 2. The van der Waals surface area contributed by atoms with Gasteiger partial charge >= 0.3 is 5.97 Å². The van der Waals surface area contributed by atoms with Crippen LogP contribution in [-0.2, 0) is 9.53 Å². The van der Waals surface area contributed by atoms with Crippen molar-refractivity contribution >= 4 is 11.9 Å². The molecule has 0 bridgehead atoms. The molecule has 2 heterocycles. The van der Waals surface area contributed by atoms with E-state index in [9.17, 15) is 14.7 Å². The number of aryl methyl sites for hydroxylation is 1. The number of nitrogens with zero attached hydrogens (tertiary/aromatic N) is 2. The van der Waals surface area contributed by atoms with Crippen LogP contribution in [0.4, 0.5) is 0 Å². The van der Waals surface area contributed by atoms with Crippen LogP contribution in [0.1, 0.15) is 28.9 Å². The van der Waals surface area contributed by atoms with E-state index >= 15 is 0 Å². The summed E-state index contributed by atoms with van der Waals surface area (Å²) < 4.78 is 6.89. The number of rotatable bonds is 5. The quantitative estimate of drug-likeness (QED) is 0.863. The van der Waals surface area contributed by atoms with Crippen LogP contribution < -0.4 is 5.32 Å². The summed E-state index contributed by atoms with van der Waals surface area (Å²) in [6.45, 7) is 2.64. The molecular weight excluding hydrogens is 322 g/mol. The molecular formula is C18H21N3O4. The zero-order chi connectivity index (χ0) is 17.9. The molecule has 0 radical (unpaired) electrons. The van der Waals surface area contributed by atoms with Gasteiger partial charge in [-0.1, -0.05) is 18.2 Å². The predicted octanol–water partition coefficient (Wildman–Crippen LogP) is 1.79. The van der Waals surface area contributed by atoms with Gasteiger partial charge in [-0.25, -0.2) is 4.68 Å². The molecule has 1 saturated heterocycles. The van der Waals surface area contributed by atoms with E-state index in [1.807, 2.05) is 30.3 Å². The van der Waals surface area contributed by atoms with Gasteiger partial charge in [0.2, 0.25) is 0 Å². The number of carboxylic acid groups (broad SMARTS) is 1. The lowest BCUT2D eigenvalue weighted by Crippen LogP contribution is -2.46. The van der Waals surface area contributed by atoms with Crippen molar-refractivity contribution in [2.45, 2.75) is 19.8 Å². The predicted molar refractivity (Wildman–Crippen MR) is 90.8 cm³/mol. The largest absolute Gasteiger partial charge is 0.481 e. The van der Waals surface area contributed by atoms with Crippen molar-refractivity contribution in [3.63, 3.8) is 0 Å². The Morgan fingerprint density at radius 1 is 1.28 bits per heavy atom. The normalized spacial score (nSPS) is 16.4. The molecule has 0 aliphatic carbocycles. The average Bonchev–Trinajstić information content (AvgIpc) is 3.03. The third-order valence-corrected chi connectivity index (χ3v) is 4.66. The molecule has 3 rings (SSSR count). The number of carboxylic acids is 1. The molecule has 0 unspecified atom stereocenters. The highest BCUT2D eigenvalue weighted by Gasteiger charge is 2.40. The number of hydrogen-bond donors (Lipinski definition) is 2. The first kappa shape index (κ1) is 17.2. The van der Waals surface area contributed by atoms with Crippen LogP contribution in [0.5, 0.6) is 0 Å². The SMILES string of the molecule is Cc1nn(-c2ccccc2)cc1C(=O)NCC1(C(=O)O)CCOCC1. The van der Waals surface area contributed by atoms with E-state index in [4.69, 9.17) is 4.74 Å². The monoisotopic (exact) mass is 343 g/mol. The molecule has 2 N–H and O–H groups in total. The summed E-state index contributed by atoms with van der Waals surface area (Å²) in [6, 6.07) is 9.50. The molecule has 1 aliphatic heterocycles. The van der Waals surface area contributed by atoms with Crippen LogP contribution in [0.25, 0.3) is 5.69 Å². The molecule has 1 fully saturated rings. The van der Waals surface area contributed by atoms with Gasteiger partial charge in [-0.3, -0.25) is 9.59 Å². The Bertz CT molecular complexity index is 764. The molecule has 7 nitrogen and oxygen atoms in total. The average molecular weight is 343 g/mol. The fraction of sp³-hybridized carbons (Fsp3) is 0.389. The van der Waals surface area contributed by atoms with Crippen molar-refractivity contribution < 1.29 is 19.4 Å². The van der Waals surface area contributed by atoms with E-state index in [-0.39, 0.29) is 12.5 Å². The van der Waals surface area contributed by atoms with Crippen LogP contribution in [0.15, 0.2) is 36.5 Å². The number of carbonyl (C=O) groups excluding carboxylic acids is 1. The Hall–Kier alpha value is -2.67. The minimum atomic E-state index is -0.961. The number of ether oxygens (including phenoxy) is 1. The third kappa shape index (κ3) is 3.56. The van der Waals surface area contributed by atoms with E-state index in [1.165, 1.54) is 0 Å². The van der Waals surface area contributed by atoms with Crippen LogP contribution in [-0.4, -0.2) is 46.5 Å². The molecule has 1 amide bonds. The summed E-state index contributed by atoms with van der Waals surface area (Å²) in [4.78, 5) is 24.2. The smallest absolute Gasteiger partial charge is 0.311 e. The van der Waals surface area contributed by atoms with Crippen molar-refractivity contribution in [3.05, 3.63) is 47.8 Å². The number of hydrogen-bond acceptors (Lipinski definition) is 4. The van der Waals surface area contributed by atoms with Crippen molar-refractivity contribution in [1.82, 2.24) is 15.1 Å². The minimum Gasteiger partial charge on any atom is -0.481 e. The van der Waals surface area contributed by atoms with Crippen molar-refractivity contribution in [2.24, 2.45) is 5.41 Å². The van der Waals surface area contributed by atoms with Crippen molar-refractivity contribution in [1.29, 1.82) is 0 Å². The molecule has 2 aromatic rings. The maximum absolute atomic E-state index is 12.5. The zero-order valence-corrected chi connectivity index (χ0v) is 14.1. The van der Waals surface area contributed by atoms with E-state index in [0.717, 1.165) is 5.69 Å². The van der Waals surface area contributed by atoms with Gasteiger partial charge in [-0.05, 0) is 31.9 Å². The van der Waals surface area contributed by atoms with E-state index in [2.05, 4.69) is 10.4 Å². The Balaban J connectivity index is 1.73. The van der Waals surface area contributed by atoms with Gasteiger partial charge in [0, 0.05) is 26.0 Å². The number of para-hydroxylation sites is 1. The Morgan fingerprint density at radius 3 is 2.60 bits per heavy atom. The summed E-state index contributed by atoms with van der Waals surface area (Å²) >= 11 is 0. The van der Waals surface area contributed by atoms with Crippen molar-refractivity contribution in [2.75, 3.05) is 19.8 Å². The summed E-state index contributed by atoms with van der Waals surface area (Å²) in [5.41, 5.74) is 0.933. The van der Waals surface area contributed by atoms with Crippen LogP contribution >= 0.6 is 0 Å². The Morgan fingerprint density at radius 2 is 1.96 bits per heavy atom. The van der Waals surface area contributed by atoms with Crippen molar-refractivity contribution in [3.8, 4) is 5.69 Å². The number of nitrogens with one attached hydrogen (secondary N) is 1. The lowest BCUT2D eigenvalue weighted by atomic mass is 9.80. The molecule has 25 heavy (non-hydrogen) atoms. The first-order valence-electron chi connectivity index (χ1n) is 8.23. The maximum atomic E-state index is 12.5. The summed E-state index contributed by atoms with van der Waals surface area (Å²) in [7, 11) is 0. The Labute approximate surface area is 145 Å². The first-order chi connectivity index (χ1) is 12.0. The minimum absolute atomic E-state index is 0.0838. The molecule has 0 saturated carbocycles. The van der Waals surface area contributed by atoms with Crippen LogP contribution in [0.3, 0.4) is 0 Å². The summed E-state index contributed by atoms with van der Waals surface area (Å²) in [5, 5.41) is 16.7. The highest BCUT2D eigenvalue weighted by molar-refractivity contribution is 5.95. The number of benzene rings is 1. The third-order valence-electron chi connectivity index (χ3n) is 4.66. The second-order valence-corrected chi connectivity index (χ2v) is 6.29. The highest BCUT2D eigenvalue weighted by Crippen LogP contribution is 2.30. The molecule has 1 aromatic carbocycles. The van der Waals surface area contributed by atoms with Gasteiger partial charge in [0.05, 0.1) is 22.4 Å². The van der Waals surface area contributed by atoms with Gasteiger partial charge in [0.15, 0.2) is 0 Å². The van der Waals surface area contributed by atoms with Gasteiger partial charge < -0.3 is 15.2 Å². The topological polar surface area (TPSA) is 93.5 Å². The molecule has 0 atom stereocenters. The highest BCUT2D eigenvalue weighted by atomic mass is 16.5. The van der Waals surface area contributed by atoms with Gasteiger partial charge in [-0.2, -0.15) is 5.10 Å². The van der Waals surface area contributed by atoms with Gasteiger partial charge in [-0.15, -0.1) is 0 Å². The standard InChI is InChI=1S/C18H21N3O4/c1-13-15(11-21(20-13)14-5-3-2-4-6-14)16(22)19-12-18(17(23)24)7-9-25-10-8-18/h2-6,11H,7-10,12H2,1H3,(H,19,22)(H,23,24).